The standard InChI is InChI=1S/C19H29NO4/c1-13-2-4-20(5-3-13)16(21)11-24-17(22)18-7-14-6-15(8-18)10-19(23,9-14)12-18/h13-15,23H,2-12H2,1H3/t14-,15-,18?,19?/m0/s1. The summed E-state index contributed by atoms with van der Waals surface area (Å²) in [4.78, 5) is 26.9. The van der Waals surface area contributed by atoms with Crippen LogP contribution in [0.3, 0.4) is 0 Å². The van der Waals surface area contributed by atoms with Gasteiger partial charge >= 0.3 is 5.97 Å². The number of carbonyl (C=O) groups excluding carboxylic acids is 2. The van der Waals surface area contributed by atoms with E-state index in [0.717, 1.165) is 58.0 Å². The molecule has 0 spiro atoms. The molecule has 1 N–H and O–H groups in total. The second kappa shape index (κ2) is 5.72. The predicted octanol–water partition coefficient (Wildman–Crippen LogP) is 2.12. The van der Waals surface area contributed by atoms with Gasteiger partial charge in [-0.05, 0) is 69.1 Å². The molecule has 0 aromatic heterocycles. The molecule has 1 aliphatic heterocycles. The van der Waals surface area contributed by atoms with E-state index in [1.807, 2.05) is 4.90 Å². The Bertz CT molecular complexity index is 523. The molecule has 5 fully saturated rings. The Morgan fingerprint density at radius 1 is 1.12 bits per heavy atom. The zero-order valence-electron chi connectivity index (χ0n) is 14.6. The molecule has 5 rings (SSSR count). The summed E-state index contributed by atoms with van der Waals surface area (Å²) in [5.74, 6) is 1.25. The van der Waals surface area contributed by atoms with E-state index in [-0.39, 0.29) is 18.5 Å². The summed E-state index contributed by atoms with van der Waals surface area (Å²) in [5.41, 5.74) is -1.20. The maximum atomic E-state index is 12.8. The van der Waals surface area contributed by atoms with Crippen LogP contribution in [0, 0.1) is 23.2 Å². The second-order valence-electron chi connectivity index (χ2n) is 9.11. The Morgan fingerprint density at radius 2 is 1.75 bits per heavy atom. The number of hydrogen-bond donors (Lipinski definition) is 1. The molecule has 4 saturated carbocycles. The first-order chi connectivity index (χ1) is 11.4. The number of amides is 1. The predicted molar refractivity (Wildman–Crippen MR) is 88.0 cm³/mol. The molecule has 1 amide bonds. The Kier molecular flexibility index (Phi) is 3.90. The Labute approximate surface area is 143 Å². The molecule has 4 aliphatic carbocycles. The van der Waals surface area contributed by atoms with Crippen molar-refractivity contribution in [2.75, 3.05) is 19.7 Å². The van der Waals surface area contributed by atoms with Gasteiger partial charge in [-0.15, -0.1) is 0 Å². The van der Waals surface area contributed by atoms with E-state index in [2.05, 4.69) is 6.92 Å². The zero-order valence-corrected chi connectivity index (χ0v) is 14.6. The number of hydrogen-bond acceptors (Lipinski definition) is 4. The third kappa shape index (κ3) is 2.85. The molecule has 1 heterocycles. The number of aliphatic hydroxyl groups is 1. The smallest absolute Gasteiger partial charge is 0.312 e. The molecule has 0 unspecified atom stereocenters. The number of nitrogens with zero attached hydrogens (tertiary/aromatic N) is 1. The monoisotopic (exact) mass is 335 g/mol. The van der Waals surface area contributed by atoms with Gasteiger partial charge in [-0.2, -0.15) is 0 Å². The summed E-state index contributed by atoms with van der Waals surface area (Å²) >= 11 is 0. The van der Waals surface area contributed by atoms with Gasteiger partial charge in [0.2, 0.25) is 0 Å². The second-order valence-corrected chi connectivity index (χ2v) is 9.11. The van der Waals surface area contributed by atoms with Gasteiger partial charge in [0.1, 0.15) is 0 Å². The van der Waals surface area contributed by atoms with Gasteiger partial charge < -0.3 is 14.7 Å². The first kappa shape index (κ1) is 16.4. The van der Waals surface area contributed by atoms with Gasteiger partial charge in [0.05, 0.1) is 11.0 Å². The molecule has 1 saturated heterocycles. The molecule has 0 radical (unpaired) electrons. The van der Waals surface area contributed by atoms with Crippen molar-refractivity contribution < 1.29 is 19.4 Å². The summed E-state index contributed by atoms with van der Waals surface area (Å²) in [6, 6.07) is 0. The van der Waals surface area contributed by atoms with Crippen LogP contribution in [0.2, 0.25) is 0 Å². The van der Waals surface area contributed by atoms with E-state index < -0.39 is 11.0 Å². The van der Waals surface area contributed by atoms with E-state index in [0.29, 0.717) is 24.2 Å². The Morgan fingerprint density at radius 3 is 2.33 bits per heavy atom. The van der Waals surface area contributed by atoms with Crippen molar-refractivity contribution in [2.45, 2.75) is 63.9 Å². The highest BCUT2D eigenvalue weighted by Crippen LogP contribution is 2.61. The van der Waals surface area contributed by atoms with Crippen LogP contribution in [0.25, 0.3) is 0 Å². The van der Waals surface area contributed by atoms with Crippen molar-refractivity contribution in [3.8, 4) is 0 Å². The SMILES string of the molecule is CC1CCN(C(=O)COC(=O)C23C[C@@H]4C[C@H](CC(O)(C4)C2)C3)CC1. The maximum absolute atomic E-state index is 12.8. The molecule has 0 aromatic rings. The minimum Gasteiger partial charge on any atom is -0.455 e. The Hall–Kier alpha value is -1.10. The van der Waals surface area contributed by atoms with E-state index in [1.54, 1.807) is 0 Å². The minimum atomic E-state index is -0.671. The van der Waals surface area contributed by atoms with Gasteiger partial charge in [0, 0.05) is 13.1 Å². The molecule has 24 heavy (non-hydrogen) atoms. The van der Waals surface area contributed by atoms with Gasteiger partial charge in [0.15, 0.2) is 6.61 Å². The summed E-state index contributed by atoms with van der Waals surface area (Å²) < 4.78 is 5.47. The highest BCUT2D eigenvalue weighted by atomic mass is 16.5. The summed E-state index contributed by atoms with van der Waals surface area (Å²) in [7, 11) is 0. The number of likely N-dealkylation sites (tertiary alicyclic amines) is 1. The largest absolute Gasteiger partial charge is 0.455 e. The average Bonchev–Trinajstić information content (AvgIpc) is 2.50. The van der Waals surface area contributed by atoms with Crippen LogP contribution < -0.4 is 0 Å². The number of carbonyl (C=O) groups is 2. The Balaban J connectivity index is 1.36. The first-order valence-corrected chi connectivity index (χ1v) is 9.55. The van der Waals surface area contributed by atoms with Crippen molar-refractivity contribution in [3.05, 3.63) is 0 Å². The summed E-state index contributed by atoms with van der Waals surface area (Å²) in [5, 5.41) is 10.7. The van der Waals surface area contributed by atoms with E-state index in [4.69, 9.17) is 4.74 Å². The van der Waals surface area contributed by atoms with Crippen LogP contribution in [0.4, 0.5) is 0 Å². The van der Waals surface area contributed by atoms with Crippen LogP contribution in [-0.2, 0) is 14.3 Å². The van der Waals surface area contributed by atoms with E-state index in [9.17, 15) is 14.7 Å². The molecule has 5 heteroatoms. The molecule has 134 valence electrons. The first-order valence-electron chi connectivity index (χ1n) is 9.55. The van der Waals surface area contributed by atoms with Crippen molar-refractivity contribution in [3.63, 3.8) is 0 Å². The van der Waals surface area contributed by atoms with E-state index in [1.165, 1.54) is 0 Å². The molecular formula is C19H29NO4. The summed E-state index contributed by atoms with van der Waals surface area (Å²) in [6.07, 6.45) is 7.07. The summed E-state index contributed by atoms with van der Waals surface area (Å²) in [6.45, 7) is 3.61. The van der Waals surface area contributed by atoms with Crippen molar-refractivity contribution in [1.29, 1.82) is 0 Å². The zero-order chi connectivity index (χ0) is 16.9. The quantitative estimate of drug-likeness (QED) is 0.802. The molecule has 5 nitrogen and oxygen atoms in total. The lowest BCUT2D eigenvalue weighted by Crippen LogP contribution is -2.58. The molecular weight excluding hydrogens is 306 g/mol. The number of ether oxygens (including phenoxy) is 1. The topological polar surface area (TPSA) is 66.8 Å². The fourth-order valence-electron chi connectivity index (χ4n) is 6.08. The van der Waals surface area contributed by atoms with Crippen molar-refractivity contribution in [2.24, 2.45) is 23.2 Å². The number of esters is 1. The number of rotatable bonds is 3. The highest BCUT2D eigenvalue weighted by Gasteiger charge is 2.60. The normalized spacial score (nSPS) is 41.5. The van der Waals surface area contributed by atoms with Crippen LogP contribution in [-0.4, -0.2) is 47.2 Å². The molecule has 5 aliphatic rings. The van der Waals surface area contributed by atoms with E-state index >= 15 is 0 Å². The van der Waals surface area contributed by atoms with Crippen LogP contribution in [0.1, 0.15) is 58.3 Å². The third-order valence-corrected chi connectivity index (χ3v) is 6.93. The fourth-order valence-corrected chi connectivity index (χ4v) is 6.08. The minimum absolute atomic E-state index is 0.0707. The maximum Gasteiger partial charge on any atom is 0.312 e. The molecule has 4 bridgehead atoms. The van der Waals surface area contributed by atoms with Crippen LogP contribution in [0.15, 0.2) is 0 Å². The lowest BCUT2D eigenvalue weighted by atomic mass is 9.48. The molecule has 0 aromatic carbocycles. The third-order valence-electron chi connectivity index (χ3n) is 6.93. The van der Waals surface area contributed by atoms with Crippen molar-refractivity contribution in [1.82, 2.24) is 4.90 Å². The fraction of sp³-hybridized carbons (Fsp3) is 0.895. The van der Waals surface area contributed by atoms with Crippen molar-refractivity contribution >= 4 is 11.9 Å². The number of piperidine rings is 1. The van der Waals surface area contributed by atoms with Gasteiger partial charge in [-0.25, -0.2) is 0 Å². The van der Waals surface area contributed by atoms with Gasteiger partial charge in [0.25, 0.3) is 5.91 Å². The highest BCUT2D eigenvalue weighted by molar-refractivity contribution is 5.83. The lowest BCUT2D eigenvalue weighted by Gasteiger charge is -2.58. The average molecular weight is 335 g/mol. The van der Waals surface area contributed by atoms with Gasteiger partial charge in [-0.3, -0.25) is 9.59 Å². The lowest BCUT2D eigenvalue weighted by molar-refractivity contribution is -0.197. The van der Waals surface area contributed by atoms with Crippen LogP contribution >= 0.6 is 0 Å². The van der Waals surface area contributed by atoms with Crippen LogP contribution in [0.5, 0.6) is 0 Å². The van der Waals surface area contributed by atoms with Gasteiger partial charge in [-0.1, -0.05) is 6.92 Å². The molecule has 2 atom stereocenters.